The van der Waals surface area contributed by atoms with Crippen LogP contribution >= 0.6 is 12.2 Å². The van der Waals surface area contributed by atoms with E-state index in [1.807, 2.05) is 0 Å². The number of rotatable bonds is 0. The number of benzene rings is 1. The van der Waals surface area contributed by atoms with Crippen molar-refractivity contribution in [3.05, 3.63) is 40.3 Å². The van der Waals surface area contributed by atoms with Crippen LogP contribution in [-0.4, -0.2) is 15.0 Å². The predicted octanol–water partition coefficient (Wildman–Crippen LogP) is 3.46. The van der Waals surface area contributed by atoms with Crippen molar-refractivity contribution in [3.63, 3.8) is 0 Å². The monoisotopic (exact) mass is 241 g/mol. The molecule has 1 aromatic carbocycles. The summed E-state index contributed by atoms with van der Waals surface area (Å²) in [6.45, 7) is 4.18. The normalized spacial score (nSPS) is 11.2. The molecule has 0 bridgehead atoms. The van der Waals surface area contributed by atoms with Gasteiger partial charge in [0, 0.05) is 17.0 Å². The van der Waals surface area contributed by atoms with E-state index in [-0.39, 0.29) is 0 Å². The van der Waals surface area contributed by atoms with Gasteiger partial charge in [0.05, 0.1) is 5.52 Å². The first-order valence-corrected chi connectivity index (χ1v) is 5.81. The largest absolute Gasteiger partial charge is 0.315 e. The highest BCUT2D eigenvalue weighted by molar-refractivity contribution is 7.71. The zero-order chi connectivity index (χ0) is 12.0. The van der Waals surface area contributed by atoms with E-state index in [0.29, 0.717) is 4.77 Å². The van der Waals surface area contributed by atoms with Gasteiger partial charge in [-0.2, -0.15) is 0 Å². The molecule has 0 saturated heterocycles. The zero-order valence-electron chi connectivity index (χ0n) is 9.61. The van der Waals surface area contributed by atoms with Gasteiger partial charge in [0.25, 0.3) is 0 Å². The van der Waals surface area contributed by atoms with Crippen molar-refractivity contribution in [2.45, 2.75) is 13.8 Å². The van der Waals surface area contributed by atoms with Gasteiger partial charge in [0.2, 0.25) is 0 Å². The topological polar surface area (TPSA) is 41.6 Å². The number of aromatic nitrogens is 3. The number of fused-ring (bicyclic) bond motifs is 2. The van der Waals surface area contributed by atoms with E-state index in [1.165, 1.54) is 11.1 Å². The zero-order valence-corrected chi connectivity index (χ0v) is 10.4. The Kier molecular flexibility index (Phi) is 2.19. The molecule has 0 aliphatic rings. The van der Waals surface area contributed by atoms with Crippen molar-refractivity contribution in [2.24, 2.45) is 0 Å². The van der Waals surface area contributed by atoms with Gasteiger partial charge >= 0.3 is 0 Å². The number of hydrogen-bond donors (Lipinski definition) is 1. The molecule has 0 radical (unpaired) electrons. The first kappa shape index (κ1) is 10.4. The lowest BCUT2D eigenvalue weighted by molar-refractivity contribution is 1.16. The molecule has 0 aliphatic heterocycles. The molecule has 17 heavy (non-hydrogen) atoms. The summed E-state index contributed by atoms with van der Waals surface area (Å²) >= 11 is 5.01. The molecule has 2 aromatic heterocycles. The van der Waals surface area contributed by atoms with Gasteiger partial charge in [-0.25, -0.2) is 9.97 Å². The molecule has 0 unspecified atom stereocenters. The van der Waals surface area contributed by atoms with Crippen molar-refractivity contribution in [2.75, 3.05) is 0 Å². The van der Waals surface area contributed by atoms with Crippen molar-refractivity contribution >= 4 is 34.2 Å². The van der Waals surface area contributed by atoms with E-state index in [1.54, 1.807) is 6.20 Å². The van der Waals surface area contributed by atoms with Crippen LogP contribution in [0.5, 0.6) is 0 Å². The van der Waals surface area contributed by atoms with E-state index in [0.717, 1.165) is 21.9 Å². The van der Waals surface area contributed by atoms with Crippen LogP contribution in [0.3, 0.4) is 0 Å². The molecule has 0 spiro atoms. The predicted molar refractivity (Wildman–Crippen MR) is 71.7 cm³/mol. The average molecular weight is 241 g/mol. The van der Waals surface area contributed by atoms with Crippen molar-refractivity contribution in [1.29, 1.82) is 0 Å². The first-order valence-electron chi connectivity index (χ1n) is 5.40. The van der Waals surface area contributed by atoms with Gasteiger partial charge < -0.3 is 4.98 Å². The molecule has 0 amide bonds. The van der Waals surface area contributed by atoms with E-state index in [4.69, 9.17) is 12.2 Å². The average Bonchev–Trinajstić information content (AvgIpc) is 2.26. The Bertz CT molecular complexity index is 790. The van der Waals surface area contributed by atoms with Crippen LogP contribution in [0.15, 0.2) is 24.4 Å². The van der Waals surface area contributed by atoms with Crippen LogP contribution in [0.4, 0.5) is 0 Å². The number of aromatic amines is 1. The van der Waals surface area contributed by atoms with Gasteiger partial charge in [-0.05, 0) is 49.3 Å². The summed E-state index contributed by atoms with van der Waals surface area (Å²) in [6.07, 6.45) is 1.76. The Labute approximate surface area is 104 Å². The van der Waals surface area contributed by atoms with Crippen molar-refractivity contribution in [3.8, 4) is 0 Å². The Morgan fingerprint density at radius 3 is 2.82 bits per heavy atom. The molecule has 0 aliphatic carbocycles. The second-order valence-corrected chi connectivity index (χ2v) is 4.65. The van der Waals surface area contributed by atoms with Crippen LogP contribution in [0.1, 0.15) is 11.1 Å². The van der Waals surface area contributed by atoms with Crippen LogP contribution < -0.4 is 0 Å². The molecule has 0 fully saturated rings. The smallest absolute Gasteiger partial charge is 0.198 e. The molecule has 0 saturated carbocycles. The highest BCUT2D eigenvalue weighted by Crippen LogP contribution is 2.22. The van der Waals surface area contributed by atoms with E-state index >= 15 is 0 Å². The second kappa shape index (κ2) is 3.60. The van der Waals surface area contributed by atoms with Gasteiger partial charge in [-0.3, -0.25) is 0 Å². The Balaban J connectivity index is 2.52. The fraction of sp³-hybridized carbons (Fsp3) is 0.154. The van der Waals surface area contributed by atoms with Crippen LogP contribution in [-0.2, 0) is 0 Å². The molecular weight excluding hydrogens is 230 g/mol. The number of hydrogen-bond acceptors (Lipinski definition) is 3. The first-order chi connectivity index (χ1) is 8.13. The lowest BCUT2D eigenvalue weighted by atomic mass is 10.1. The van der Waals surface area contributed by atoms with Crippen molar-refractivity contribution < 1.29 is 0 Å². The Hall–Kier alpha value is -1.81. The molecule has 0 atom stereocenters. The lowest BCUT2D eigenvalue weighted by Crippen LogP contribution is -1.91. The second-order valence-electron chi connectivity index (χ2n) is 4.26. The lowest BCUT2D eigenvalue weighted by Gasteiger charge is -2.05. The number of pyridine rings is 1. The third-order valence-electron chi connectivity index (χ3n) is 2.86. The summed E-state index contributed by atoms with van der Waals surface area (Å²) in [4.78, 5) is 11.7. The highest BCUT2D eigenvalue weighted by atomic mass is 32.1. The summed E-state index contributed by atoms with van der Waals surface area (Å²) in [7, 11) is 0. The summed E-state index contributed by atoms with van der Waals surface area (Å²) in [5.74, 6) is 0. The minimum absolute atomic E-state index is 0.466. The van der Waals surface area contributed by atoms with Crippen LogP contribution in [0.25, 0.3) is 21.9 Å². The number of nitrogens with zero attached hydrogens (tertiary/aromatic N) is 2. The van der Waals surface area contributed by atoms with Crippen LogP contribution in [0.2, 0.25) is 0 Å². The highest BCUT2D eigenvalue weighted by Gasteiger charge is 2.03. The summed E-state index contributed by atoms with van der Waals surface area (Å²) < 4.78 is 0.466. The Morgan fingerprint density at radius 2 is 2.00 bits per heavy atom. The molecule has 3 rings (SSSR count). The fourth-order valence-electron chi connectivity index (χ4n) is 2.11. The van der Waals surface area contributed by atoms with Crippen LogP contribution in [0, 0.1) is 18.6 Å². The molecule has 3 aromatic rings. The quantitative estimate of drug-likeness (QED) is 0.484. The van der Waals surface area contributed by atoms with E-state index < -0.39 is 0 Å². The minimum atomic E-state index is 0.466. The fourth-order valence-corrected chi connectivity index (χ4v) is 2.26. The summed E-state index contributed by atoms with van der Waals surface area (Å²) in [5, 5.41) is 2.15. The number of nitrogens with one attached hydrogen (secondary N) is 1. The van der Waals surface area contributed by atoms with Gasteiger partial charge in [0.1, 0.15) is 5.65 Å². The number of aryl methyl sites for hydroxylation is 2. The third kappa shape index (κ3) is 1.70. The van der Waals surface area contributed by atoms with Gasteiger partial charge in [0.15, 0.2) is 4.77 Å². The molecule has 1 N–H and O–H groups in total. The SMILES string of the molecule is Cc1cc(C)c2cc3cnc(=S)[nH]c3nc2c1. The molecular formula is C13H11N3S. The summed E-state index contributed by atoms with van der Waals surface area (Å²) in [6, 6.07) is 6.35. The standard InChI is InChI=1S/C13H11N3S/c1-7-3-8(2)10-5-9-6-14-13(17)16-12(9)15-11(10)4-7/h3-6H,1-2H3,(H,14,15,16,17). The maximum absolute atomic E-state index is 5.01. The maximum atomic E-state index is 5.01. The number of H-pyrrole nitrogens is 1. The molecule has 3 nitrogen and oxygen atoms in total. The Morgan fingerprint density at radius 1 is 1.18 bits per heavy atom. The summed E-state index contributed by atoms with van der Waals surface area (Å²) in [5.41, 5.74) is 4.24. The molecule has 84 valence electrons. The minimum Gasteiger partial charge on any atom is -0.315 e. The van der Waals surface area contributed by atoms with Crippen molar-refractivity contribution in [1.82, 2.24) is 15.0 Å². The van der Waals surface area contributed by atoms with Gasteiger partial charge in [-0.15, -0.1) is 0 Å². The van der Waals surface area contributed by atoms with E-state index in [9.17, 15) is 0 Å². The van der Waals surface area contributed by atoms with Gasteiger partial charge in [-0.1, -0.05) is 6.07 Å². The molecule has 2 heterocycles. The van der Waals surface area contributed by atoms with E-state index in [2.05, 4.69) is 47.0 Å². The third-order valence-corrected chi connectivity index (χ3v) is 3.07. The molecule has 4 heteroatoms. The maximum Gasteiger partial charge on any atom is 0.198 e.